The van der Waals surface area contributed by atoms with Gasteiger partial charge in [-0.3, -0.25) is 86.5 Å². The van der Waals surface area contributed by atoms with Crippen molar-refractivity contribution in [1.82, 2.24) is 68.7 Å². The number of aromatic hydroxyl groups is 2. The van der Waals surface area contributed by atoms with Gasteiger partial charge in [0.15, 0.2) is 5.96 Å². The van der Waals surface area contributed by atoms with Crippen LogP contribution in [0.15, 0.2) is 53.5 Å². The predicted molar refractivity (Wildman–Crippen MR) is 397 cm³/mol. The van der Waals surface area contributed by atoms with E-state index < -0.39 is 224 Å². The number of amides is 14. The van der Waals surface area contributed by atoms with Gasteiger partial charge in [0.2, 0.25) is 82.7 Å². The van der Waals surface area contributed by atoms with E-state index in [1.165, 1.54) is 43.3 Å². The van der Waals surface area contributed by atoms with Crippen LogP contribution in [-0.2, 0) is 94.3 Å². The van der Waals surface area contributed by atoms with E-state index in [-0.39, 0.29) is 107 Å². The SMILES string of the molecule is CC(C)C[C@H](NC(=O)[C@H](C)NC(=O)[C@@H](NC(=O)[C@H](Cc1ccc(O)cc1)NC(=O)[C@@H](N)Cc1ccc(O)cc1)C(C)C)C(=O)N[C@@H](CC(N)=O)C(=O)N[C@@H](CCCCN)C(=O)N[C@@H](CC(=O)O)C(=O)NCC(=O)N[C@H](C(=O)N1CCC[C@H]1C(=O)N[C@@H](CCCN=C(N)N)C(=O)N[C@@H](CCC(=O)O)C(=O)NCC(=O)O)[C@@H](C)O. The zero-order valence-electron chi connectivity index (χ0n) is 63.1. The number of carboxylic acid groups (broad SMARTS) is 3. The molecule has 112 heavy (non-hydrogen) atoms. The number of carboxylic acids is 3. The molecule has 1 heterocycles. The average Bonchev–Trinajstić information content (AvgIpc) is 1.62. The first-order chi connectivity index (χ1) is 52.6. The lowest BCUT2D eigenvalue weighted by molar-refractivity contribution is -0.144. The quantitative estimate of drug-likeness (QED) is 0.0166. The highest BCUT2D eigenvalue weighted by Crippen LogP contribution is 2.21. The summed E-state index contributed by atoms with van der Waals surface area (Å²) in [4.78, 5) is 232. The molecule has 0 aliphatic carbocycles. The number of carbonyl (C=O) groups is 17. The van der Waals surface area contributed by atoms with Crippen molar-refractivity contribution in [3.63, 3.8) is 0 Å². The molecule has 13 atom stereocenters. The number of benzene rings is 2. The number of nitrogens with two attached hydrogens (primary N) is 5. The van der Waals surface area contributed by atoms with Gasteiger partial charge in [-0.15, -0.1) is 0 Å². The van der Waals surface area contributed by atoms with Crippen molar-refractivity contribution < 1.29 is 112 Å². The number of hydrogen-bond donors (Lipinski definition) is 23. The van der Waals surface area contributed by atoms with Crippen LogP contribution < -0.4 is 92.5 Å². The van der Waals surface area contributed by atoms with E-state index in [0.717, 1.165) is 11.8 Å². The number of aliphatic hydroxyl groups is 1. The Morgan fingerprint density at radius 2 is 0.991 bits per heavy atom. The molecule has 3 rings (SSSR count). The molecular weight excluding hydrogens is 1470 g/mol. The fourth-order valence-electron chi connectivity index (χ4n) is 11.4. The number of aliphatic carboxylic acids is 3. The number of hydrogen-bond acceptors (Lipinski definition) is 23. The molecule has 42 nitrogen and oxygen atoms in total. The van der Waals surface area contributed by atoms with Crippen LogP contribution in [0.3, 0.4) is 0 Å². The van der Waals surface area contributed by atoms with Gasteiger partial charge in [0, 0.05) is 25.9 Å². The van der Waals surface area contributed by atoms with Crippen LogP contribution in [-0.4, -0.2) is 253 Å². The van der Waals surface area contributed by atoms with Crippen LogP contribution in [0.1, 0.15) is 130 Å². The number of likely N-dealkylation sites (tertiary alicyclic amines) is 1. The lowest BCUT2D eigenvalue weighted by atomic mass is 9.99. The smallest absolute Gasteiger partial charge is 0.322 e. The van der Waals surface area contributed by atoms with Crippen LogP contribution in [0.4, 0.5) is 0 Å². The van der Waals surface area contributed by atoms with Gasteiger partial charge >= 0.3 is 17.9 Å². The fraction of sp³-hybridized carbons (Fsp3) is 0.571. The second-order valence-electron chi connectivity index (χ2n) is 27.6. The number of unbranched alkanes of at least 4 members (excludes halogenated alkanes) is 1. The molecule has 1 aliphatic rings. The summed E-state index contributed by atoms with van der Waals surface area (Å²) in [5, 5.41) is 87.1. The Hall–Kier alpha value is -11.8. The predicted octanol–water partition coefficient (Wildman–Crippen LogP) is -7.13. The molecule has 0 radical (unpaired) electrons. The molecule has 2 aromatic rings. The van der Waals surface area contributed by atoms with Gasteiger partial charge in [0.1, 0.15) is 84.5 Å². The van der Waals surface area contributed by atoms with Gasteiger partial charge in [-0.05, 0) is 132 Å². The molecule has 0 bridgehead atoms. The lowest BCUT2D eigenvalue weighted by Crippen LogP contribution is -2.61. The van der Waals surface area contributed by atoms with Crippen molar-refractivity contribution in [3.8, 4) is 11.5 Å². The molecule has 42 heteroatoms. The van der Waals surface area contributed by atoms with Crippen molar-refractivity contribution in [3.05, 3.63) is 59.7 Å². The maximum absolute atomic E-state index is 14.2. The Morgan fingerprint density at radius 3 is 1.52 bits per heavy atom. The molecule has 28 N–H and O–H groups in total. The van der Waals surface area contributed by atoms with E-state index >= 15 is 0 Å². The first-order valence-electron chi connectivity index (χ1n) is 36.2. The van der Waals surface area contributed by atoms with E-state index in [1.54, 1.807) is 39.8 Å². The molecule has 0 aromatic heterocycles. The summed E-state index contributed by atoms with van der Waals surface area (Å²) in [7, 11) is 0. The molecule has 0 spiro atoms. The minimum atomic E-state index is -2.01. The third kappa shape index (κ3) is 34.0. The van der Waals surface area contributed by atoms with E-state index in [9.17, 15) is 107 Å². The Kier molecular flexibility index (Phi) is 39.9. The Labute approximate surface area is 644 Å². The van der Waals surface area contributed by atoms with Crippen LogP contribution >= 0.6 is 0 Å². The van der Waals surface area contributed by atoms with Crippen LogP contribution in [0.25, 0.3) is 0 Å². The summed E-state index contributed by atoms with van der Waals surface area (Å²) in [6, 6.07) is -6.99. The van der Waals surface area contributed by atoms with Gasteiger partial charge in [0.25, 0.3) is 0 Å². The van der Waals surface area contributed by atoms with Gasteiger partial charge in [0.05, 0.1) is 31.5 Å². The average molecular weight is 1580 g/mol. The third-order valence-electron chi connectivity index (χ3n) is 17.3. The van der Waals surface area contributed by atoms with E-state index in [1.807, 2.05) is 5.32 Å². The number of phenolic OH excluding ortho intramolecular Hbond substituents is 2. The maximum Gasteiger partial charge on any atom is 0.322 e. The fourth-order valence-corrected chi connectivity index (χ4v) is 11.4. The molecule has 14 amide bonds. The Balaban J connectivity index is 1.78. The summed E-state index contributed by atoms with van der Waals surface area (Å²) in [5.74, 6) is -20.5. The highest BCUT2D eigenvalue weighted by molar-refractivity contribution is 6.01. The Morgan fingerprint density at radius 1 is 0.500 bits per heavy atom. The van der Waals surface area contributed by atoms with Crippen LogP contribution in [0.2, 0.25) is 0 Å². The number of primary amides is 1. The zero-order valence-corrected chi connectivity index (χ0v) is 63.1. The molecule has 1 saturated heterocycles. The number of nitrogens with zero attached hydrogens (tertiary/aromatic N) is 2. The minimum absolute atomic E-state index is 0.0116. The number of phenols is 2. The standard InChI is InChI=1S/C70H107N19O23/c1-34(2)27-46(83-58(101)36(5)79-68(111)56(35(3)4)88-66(109)47(29-39-16-20-41(92)21-17-39)84-59(102)42(72)28-38-14-18-40(91)19-15-38)64(107)85-48(30-51(73)93)65(108)80-43(11-7-8-24-71)63(106)86-49(31-54(97)98)61(104)77-32-52(94)87-57(37(6)90)69(112)89-26-10-13-50(89)67(110)82-44(12-9-25-76-70(74)75)62(105)81-45(22-23-53(95)96)60(103)78-33-55(99)100/h14-21,34-37,42-50,56-57,90-92H,7-13,22-33,71-72H2,1-6H3,(H2,73,93)(H,77,104)(H,78,103)(H,79,111)(H,80,108)(H,81,105)(H,82,110)(H,83,101)(H,84,102)(H,85,107)(H,86,106)(H,87,94)(H,88,109)(H,95,96)(H,97,98)(H,99,100)(H4,74,75,76)/t36-,37+,42-,43-,44-,45-,46-,47-,48-,49-,50-,56-,57-/m0/s1. The topological polar surface area (TPSA) is 702 Å². The highest BCUT2D eigenvalue weighted by Gasteiger charge is 2.42. The highest BCUT2D eigenvalue weighted by atomic mass is 16.4. The molecule has 2 aromatic carbocycles. The first-order valence-corrected chi connectivity index (χ1v) is 36.2. The van der Waals surface area contributed by atoms with Gasteiger partial charge in [-0.25, -0.2) is 0 Å². The summed E-state index contributed by atoms with van der Waals surface area (Å²) < 4.78 is 0. The number of carbonyl (C=O) groups excluding carboxylic acids is 14. The van der Waals surface area contributed by atoms with Crippen molar-refractivity contribution >= 4 is 107 Å². The number of aliphatic imine (C=N–C) groups is 1. The van der Waals surface area contributed by atoms with Crippen LogP contribution in [0.5, 0.6) is 11.5 Å². The van der Waals surface area contributed by atoms with Gasteiger partial charge in [-0.2, -0.15) is 0 Å². The largest absolute Gasteiger partial charge is 0.508 e. The van der Waals surface area contributed by atoms with E-state index in [0.29, 0.717) is 11.1 Å². The van der Waals surface area contributed by atoms with Crippen molar-refractivity contribution in [2.75, 3.05) is 32.7 Å². The number of rotatable bonds is 49. The molecule has 1 aliphatic heterocycles. The molecule has 1 fully saturated rings. The third-order valence-corrected chi connectivity index (χ3v) is 17.3. The summed E-state index contributed by atoms with van der Waals surface area (Å²) >= 11 is 0. The lowest BCUT2D eigenvalue weighted by Gasteiger charge is -2.31. The van der Waals surface area contributed by atoms with Crippen molar-refractivity contribution in [2.45, 2.75) is 210 Å². The van der Waals surface area contributed by atoms with Gasteiger partial charge in [-0.1, -0.05) is 52.0 Å². The van der Waals surface area contributed by atoms with E-state index in [2.05, 4.69) is 63.5 Å². The second kappa shape index (κ2) is 47.3. The molecule has 620 valence electrons. The monoisotopic (exact) mass is 1580 g/mol. The van der Waals surface area contributed by atoms with Crippen molar-refractivity contribution in [2.24, 2.45) is 45.5 Å². The first kappa shape index (κ1) is 94.4. The molecule has 0 unspecified atom stereocenters. The zero-order chi connectivity index (χ0) is 84.2. The minimum Gasteiger partial charge on any atom is -0.508 e. The summed E-state index contributed by atoms with van der Waals surface area (Å²) in [5.41, 5.74) is 29.4. The number of aliphatic hydroxyl groups excluding tert-OH is 1. The van der Waals surface area contributed by atoms with Crippen molar-refractivity contribution in [1.29, 1.82) is 0 Å². The normalized spacial score (nSPS) is 15.6. The van der Waals surface area contributed by atoms with E-state index in [4.69, 9.17) is 33.8 Å². The molecule has 0 saturated carbocycles. The maximum atomic E-state index is 14.2. The number of nitrogens with one attached hydrogen (secondary N) is 12. The van der Waals surface area contributed by atoms with Crippen LogP contribution in [0, 0.1) is 11.8 Å². The Bertz CT molecular complexity index is 3650. The molecular formula is C70H107N19O23. The summed E-state index contributed by atoms with van der Waals surface area (Å²) in [6.07, 6.45) is -5.12. The second-order valence-corrected chi connectivity index (χ2v) is 27.6. The number of guanidine groups is 1. The van der Waals surface area contributed by atoms with Gasteiger partial charge < -0.3 is 128 Å². The summed E-state index contributed by atoms with van der Waals surface area (Å²) in [6.45, 7) is 6.83.